The zero-order chi connectivity index (χ0) is 18.2. The van der Waals surface area contributed by atoms with Gasteiger partial charge >= 0.3 is 0 Å². The van der Waals surface area contributed by atoms with Crippen LogP contribution in [0.5, 0.6) is 0 Å². The molecule has 1 heterocycles. The smallest absolute Gasteiger partial charge is 0.248 e. The molecule has 0 radical (unpaired) electrons. The minimum atomic E-state index is -0.190. The van der Waals surface area contributed by atoms with Gasteiger partial charge in [0.2, 0.25) is 5.91 Å². The van der Waals surface area contributed by atoms with Crippen LogP contribution in [0.25, 0.3) is 12.2 Å². The van der Waals surface area contributed by atoms with Crippen molar-refractivity contribution < 1.29 is 9.59 Å². The summed E-state index contributed by atoms with van der Waals surface area (Å²) in [5.41, 5.74) is 2.57. The summed E-state index contributed by atoms with van der Waals surface area (Å²) in [6, 6.07) is 20.6. The third-order valence-corrected chi connectivity index (χ3v) is 4.48. The Morgan fingerprint density at radius 3 is 2.15 bits per heavy atom. The topological polar surface area (TPSA) is 46.2 Å². The summed E-state index contributed by atoms with van der Waals surface area (Å²) in [6.07, 6.45) is 6.59. The van der Waals surface area contributed by atoms with E-state index < -0.39 is 0 Å². The number of anilines is 1. The third-order valence-electron chi connectivity index (χ3n) is 3.60. The SMILES string of the molecule is O=C(C=Cc1ccccc1)Nc1ccc(C=CC(=O)c2cccs2)cc1. The summed E-state index contributed by atoms with van der Waals surface area (Å²) in [5.74, 6) is -0.201. The Morgan fingerprint density at radius 2 is 1.46 bits per heavy atom. The van der Waals surface area contributed by atoms with Gasteiger partial charge in [-0.25, -0.2) is 0 Å². The van der Waals surface area contributed by atoms with Gasteiger partial charge in [0, 0.05) is 11.8 Å². The van der Waals surface area contributed by atoms with E-state index >= 15 is 0 Å². The van der Waals surface area contributed by atoms with Crippen LogP contribution < -0.4 is 5.32 Å². The molecule has 4 heteroatoms. The molecule has 0 saturated carbocycles. The molecule has 26 heavy (non-hydrogen) atoms. The minimum Gasteiger partial charge on any atom is -0.323 e. The van der Waals surface area contributed by atoms with Gasteiger partial charge in [0.05, 0.1) is 4.88 Å². The quantitative estimate of drug-likeness (QED) is 0.480. The van der Waals surface area contributed by atoms with Gasteiger partial charge in [-0.15, -0.1) is 11.3 Å². The van der Waals surface area contributed by atoms with E-state index in [0.717, 1.165) is 16.0 Å². The number of carbonyl (C=O) groups is 2. The molecule has 2 aromatic carbocycles. The number of hydrogen-bond acceptors (Lipinski definition) is 3. The van der Waals surface area contributed by atoms with Crippen molar-refractivity contribution in [2.24, 2.45) is 0 Å². The number of benzene rings is 2. The maximum atomic E-state index is 12.0. The number of allylic oxidation sites excluding steroid dienone is 1. The zero-order valence-corrected chi connectivity index (χ0v) is 14.8. The molecule has 3 nitrogen and oxygen atoms in total. The third kappa shape index (κ3) is 5.13. The van der Waals surface area contributed by atoms with Gasteiger partial charge in [-0.2, -0.15) is 0 Å². The van der Waals surface area contributed by atoms with Crippen LogP contribution in [0.4, 0.5) is 5.69 Å². The molecule has 0 atom stereocenters. The molecule has 0 unspecified atom stereocenters. The number of ketones is 1. The highest BCUT2D eigenvalue weighted by molar-refractivity contribution is 7.12. The first-order chi connectivity index (χ1) is 12.7. The number of rotatable bonds is 6. The standard InChI is InChI=1S/C22H17NO2S/c24-20(21-7-4-16-26-21)14-10-18-8-12-19(13-9-18)23-22(25)15-11-17-5-2-1-3-6-17/h1-16H,(H,23,25). The van der Waals surface area contributed by atoms with E-state index in [-0.39, 0.29) is 11.7 Å². The average molecular weight is 359 g/mol. The largest absolute Gasteiger partial charge is 0.323 e. The number of thiophene rings is 1. The van der Waals surface area contributed by atoms with Gasteiger partial charge in [-0.05, 0) is 46.9 Å². The molecular formula is C22H17NO2S. The van der Waals surface area contributed by atoms with E-state index in [1.54, 1.807) is 24.3 Å². The van der Waals surface area contributed by atoms with Gasteiger partial charge in [0.15, 0.2) is 5.78 Å². The van der Waals surface area contributed by atoms with E-state index in [1.807, 2.05) is 66.0 Å². The van der Waals surface area contributed by atoms with Crippen LogP contribution >= 0.6 is 11.3 Å². The molecule has 0 fully saturated rings. The Hall–Kier alpha value is -3.24. The number of amides is 1. The van der Waals surface area contributed by atoms with Crippen LogP contribution in [-0.2, 0) is 4.79 Å². The van der Waals surface area contributed by atoms with Gasteiger partial charge in [0.1, 0.15) is 0 Å². The van der Waals surface area contributed by atoms with E-state index in [1.165, 1.54) is 17.4 Å². The van der Waals surface area contributed by atoms with E-state index in [0.29, 0.717) is 5.69 Å². The summed E-state index contributed by atoms with van der Waals surface area (Å²) in [6.45, 7) is 0. The van der Waals surface area contributed by atoms with Crippen LogP contribution in [0.15, 0.2) is 84.3 Å². The number of hydrogen-bond donors (Lipinski definition) is 1. The zero-order valence-electron chi connectivity index (χ0n) is 14.0. The summed E-state index contributed by atoms with van der Waals surface area (Å²) < 4.78 is 0. The Kier molecular flexibility index (Phi) is 5.91. The molecule has 0 saturated heterocycles. The Labute approximate surface area is 156 Å². The van der Waals surface area contributed by atoms with Crippen molar-refractivity contribution in [1.82, 2.24) is 0 Å². The molecule has 0 bridgehead atoms. The molecule has 0 aliphatic heterocycles. The second kappa shape index (κ2) is 8.74. The fraction of sp³-hybridized carbons (Fsp3) is 0. The van der Waals surface area contributed by atoms with E-state index in [2.05, 4.69) is 5.32 Å². The summed E-state index contributed by atoms with van der Waals surface area (Å²) >= 11 is 1.42. The first kappa shape index (κ1) is 17.6. The van der Waals surface area contributed by atoms with Crippen LogP contribution in [0, 0.1) is 0 Å². The monoisotopic (exact) mass is 359 g/mol. The van der Waals surface area contributed by atoms with Crippen molar-refractivity contribution in [2.45, 2.75) is 0 Å². The van der Waals surface area contributed by atoms with Crippen LogP contribution in [-0.4, -0.2) is 11.7 Å². The van der Waals surface area contributed by atoms with Crippen LogP contribution in [0.3, 0.4) is 0 Å². The van der Waals surface area contributed by atoms with Crippen LogP contribution in [0.2, 0.25) is 0 Å². The highest BCUT2D eigenvalue weighted by atomic mass is 32.1. The number of carbonyl (C=O) groups excluding carboxylic acids is 2. The molecule has 1 amide bonds. The van der Waals surface area contributed by atoms with E-state index in [9.17, 15) is 9.59 Å². The van der Waals surface area contributed by atoms with Gasteiger partial charge in [0.25, 0.3) is 0 Å². The second-order valence-corrected chi connectivity index (χ2v) is 6.48. The predicted molar refractivity (Wildman–Crippen MR) is 108 cm³/mol. The molecule has 3 rings (SSSR count). The Bertz CT molecular complexity index is 924. The molecule has 1 aromatic heterocycles. The normalized spacial score (nSPS) is 11.1. The van der Waals surface area contributed by atoms with Crippen molar-refractivity contribution in [3.05, 3.63) is 100 Å². The maximum Gasteiger partial charge on any atom is 0.248 e. The first-order valence-electron chi connectivity index (χ1n) is 8.11. The molecule has 3 aromatic rings. The Morgan fingerprint density at radius 1 is 0.769 bits per heavy atom. The minimum absolute atomic E-state index is 0.0107. The maximum absolute atomic E-state index is 12.0. The summed E-state index contributed by atoms with van der Waals surface area (Å²) in [5, 5.41) is 4.69. The molecule has 1 N–H and O–H groups in total. The summed E-state index contributed by atoms with van der Waals surface area (Å²) in [4.78, 5) is 24.6. The van der Waals surface area contributed by atoms with E-state index in [4.69, 9.17) is 0 Å². The lowest BCUT2D eigenvalue weighted by atomic mass is 10.1. The predicted octanol–water partition coefficient (Wildman–Crippen LogP) is 5.30. The molecule has 0 spiro atoms. The lowest BCUT2D eigenvalue weighted by Gasteiger charge is -2.02. The lowest BCUT2D eigenvalue weighted by Crippen LogP contribution is -2.07. The first-order valence-corrected chi connectivity index (χ1v) is 8.99. The fourth-order valence-corrected chi connectivity index (χ4v) is 2.92. The summed E-state index contributed by atoms with van der Waals surface area (Å²) in [7, 11) is 0. The fourth-order valence-electron chi connectivity index (χ4n) is 2.27. The molecule has 0 aliphatic rings. The van der Waals surface area contributed by atoms with Crippen molar-refractivity contribution in [1.29, 1.82) is 0 Å². The average Bonchev–Trinajstić information content (AvgIpc) is 3.21. The second-order valence-electron chi connectivity index (χ2n) is 5.53. The van der Waals surface area contributed by atoms with Crippen molar-refractivity contribution in [3.8, 4) is 0 Å². The van der Waals surface area contributed by atoms with Crippen LogP contribution in [0.1, 0.15) is 20.8 Å². The van der Waals surface area contributed by atoms with Gasteiger partial charge in [-0.1, -0.05) is 54.6 Å². The van der Waals surface area contributed by atoms with Gasteiger partial charge < -0.3 is 5.32 Å². The highest BCUT2D eigenvalue weighted by Crippen LogP contribution is 2.14. The lowest BCUT2D eigenvalue weighted by molar-refractivity contribution is -0.111. The highest BCUT2D eigenvalue weighted by Gasteiger charge is 2.02. The van der Waals surface area contributed by atoms with Gasteiger partial charge in [-0.3, -0.25) is 9.59 Å². The van der Waals surface area contributed by atoms with Crippen molar-refractivity contribution in [2.75, 3.05) is 5.32 Å². The van der Waals surface area contributed by atoms with Crippen molar-refractivity contribution >= 4 is 40.9 Å². The number of nitrogens with one attached hydrogen (secondary N) is 1. The Balaban J connectivity index is 1.56. The molecular weight excluding hydrogens is 342 g/mol. The molecule has 0 aliphatic carbocycles. The molecule has 128 valence electrons. The van der Waals surface area contributed by atoms with Crippen molar-refractivity contribution in [3.63, 3.8) is 0 Å².